The van der Waals surface area contributed by atoms with Crippen molar-refractivity contribution >= 4 is 22.8 Å². The molecule has 156 valence electrons. The Morgan fingerprint density at radius 3 is 2.48 bits per heavy atom. The maximum Gasteiger partial charge on any atom is 0.337 e. The average Bonchev–Trinajstić information content (AvgIpc) is 3.10. The van der Waals surface area contributed by atoms with E-state index < -0.39 is 5.69 Å². The van der Waals surface area contributed by atoms with Crippen molar-refractivity contribution in [1.29, 1.82) is 0 Å². The SMILES string of the molecule is CCCCCCCn1cnc2c1c(=O)n(C)c(=O)n2-c1ccc(C(C)C)cc1Cl. The smallest absolute Gasteiger partial charge is 0.325 e. The molecule has 0 aliphatic heterocycles. The summed E-state index contributed by atoms with van der Waals surface area (Å²) in [7, 11) is 1.50. The number of hydrogen-bond acceptors (Lipinski definition) is 3. The third-order valence-electron chi connectivity index (χ3n) is 5.40. The number of rotatable bonds is 8. The van der Waals surface area contributed by atoms with Crippen molar-refractivity contribution in [2.45, 2.75) is 65.3 Å². The molecule has 2 aromatic heterocycles. The molecule has 2 heterocycles. The van der Waals surface area contributed by atoms with Crippen LogP contribution in [0.5, 0.6) is 0 Å². The van der Waals surface area contributed by atoms with Crippen molar-refractivity contribution in [3.63, 3.8) is 0 Å². The highest BCUT2D eigenvalue weighted by molar-refractivity contribution is 6.32. The molecule has 1 aromatic carbocycles. The number of benzene rings is 1. The molecular weight excluding hydrogens is 388 g/mol. The molecule has 0 unspecified atom stereocenters. The van der Waals surface area contributed by atoms with Gasteiger partial charge in [-0.2, -0.15) is 0 Å². The minimum atomic E-state index is -0.449. The molecule has 0 aliphatic carbocycles. The van der Waals surface area contributed by atoms with Crippen LogP contribution in [0.1, 0.15) is 64.4 Å². The predicted molar refractivity (Wildman–Crippen MR) is 118 cm³/mol. The predicted octanol–water partition coefficient (Wildman–Crippen LogP) is 4.63. The Balaban J connectivity index is 2.09. The number of nitrogens with zero attached hydrogens (tertiary/aromatic N) is 4. The van der Waals surface area contributed by atoms with Gasteiger partial charge in [-0.3, -0.25) is 9.36 Å². The van der Waals surface area contributed by atoms with Crippen LogP contribution in [0.25, 0.3) is 16.9 Å². The zero-order chi connectivity index (χ0) is 21.1. The van der Waals surface area contributed by atoms with E-state index >= 15 is 0 Å². The number of halogens is 1. The highest BCUT2D eigenvalue weighted by Crippen LogP contribution is 2.26. The maximum atomic E-state index is 12.9. The van der Waals surface area contributed by atoms with Gasteiger partial charge in [0.25, 0.3) is 5.56 Å². The van der Waals surface area contributed by atoms with Crippen molar-refractivity contribution in [1.82, 2.24) is 18.7 Å². The Bertz CT molecular complexity index is 1120. The second-order valence-corrected chi connectivity index (χ2v) is 8.28. The van der Waals surface area contributed by atoms with Gasteiger partial charge in [-0.15, -0.1) is 0 Å². The van der Waals surface area contributed by atoms with Crippen molar-refractivity contribution in [2.75, 3.05) is 0 Å². The normalized spacial score (nSPS) is 11.7. The van der Waals surface area contributed by atoms with Crippen molar-refractivity contribution in [2.24, 2.45) is 7.05 Å². The van der Waals surface area contributed by atoms with Gasteiger partial charge in [0.1, 0.15) is 0 Å². The molecule has 29 heavy (non-hydrogen) atoms. The van der Waals surface area contributed by atoms with Crippen molar-refractivity contribution < 1.29 is 0 Å². The zero-order valence-electron chi connectivity index (χ0n) is 17.6. The summed E-state index contributed by atoms with van der Waals surface area (Å²) in [4.78, 5) is 30.2. The number of fused-ring (bicyclic) bond motifs is 1. The van der Waals surface area contributed by atoms with Gasteiger partial charge < -0.3 is 4.57 Å². The van der Waals surface area contributed by atoms with Gasteiger partial charge in [0.15, 0.2) is 11.2 Å². The van der Waals surface area contributed by atoms with E-state index in [-0.39, 0.29) is 5.56 Å². The first-order valence-corrected chi connectivity index (χ1v) is 10.7. The third kappa shape index (κ3) is 4.17. The van der Waals surface area contributed by atoms with Crippen LogP contribution in [0, 0.1) is 0 Å². The molecule has 0 bridgehead atoms. The first kappa shape index (κ1) is 21.4. The summed E-state index contributed by atoms with van der Waals surface area (Å²) in [5.41, 5.74) is 1.63. The second-order valence-electron chi connectivity index (χ2n) is 7.87. The summed E-state index contributed by atoms with van der Waals surface area (Å²) in [6.07, 6.45) is 7.32. The van der Waals surface area contributed by atoms with Gasteiger partial charge in [0.05, 0.1) is 17.0 Å². The van der Waals surface area contributed by atoms with Gasteiger partial charge >= 0.3 is 5.69 Å². The van der Waals surface area contributed by atoms with Crippen LogP contribution in [0.15, 0.2) is 34.1 Å². The summed E-state index contributed by atoms with van der Waals surface area (Å²) in [6, 6.07) is 5.66. The van der Waals surface area contributed by atoms with Gasteiger partial charge in [-0.1, -0.05) is 64.1 Å². The summed E-state index contributed by atoms with van der Waals surface area (Å²) >= 11 is 6.53. The van der Waals surface area contributed by atoms with Crippen LogP contribution < -0.4 is 11.2 Å². The first-order chi connectivity index (χ1) is 13.9. The van der Waals surface area contributed by atoms with E-state index in [4.69, 9.17) is 11.6 Å². The van der Waals surface area contributed by atoms with Crippen molar-refractivity contribution in [3.8, 4) is 5.69 Å². The molecule has 3 rings (SSSR count). The highest BCUT2D eigenvalue weighted by Gasteiger charge is 2.19. The summed E-state index contributed by atoms with van der Waals surface area (Å²) < 4.78 is 4.43. The number of aryl methyl sites for hydroxylation is 1. The highest BCUT2D eigenvalue weighted by atomic mass is 35.5. The largest absolute Gasteiger partial charge is 0.337 e. The molecule has 0 atom stereocenters. The Hall–Kier alpha value is -2.34. The molecule has 6 nitrogen and oxygen atoms in total. The summed E-state index contributed by atoms with van der Waals surface area (Å²) in [5.74, 6) is 0.324. The monoisotopic (exact) mass is 416 g/mol. The third-order valence-corrected chi connectivity index (χ3v) is 5.70. The van der Waals surface area contributed by atoms with Gasteiger partial charge in [0, 0.05) is 13.6 Å². The number of hydrogen-bond donors (Lipinski definition) is 0. The molecule has 0 spiro atoms. The number of aromatic nitrogens is 4. The summed E-state index contributed by atoms with van der Waals surface area (Å²) in [6.45, 7) is 7.06. The van der Waals surface area contributed by atoms with E-state index in [9.17, 15) is 9.59 Å². The van der Waals surface area contributed by atoms with Gasteiger partial charge in [-0.25, -0.2) is 14.3 Å². The Labute approximate surface area is 175 Å². The van der Waals surface area contributed by atoms with E-state index in [1.807, 2.05) is 22.8 Å². The Morgan fingerprint density at radius 1 is 1.10 bits per heavy atom. The molecule has 7 heteroatoms. The quantitative estimate of drug-likeness (QED) is 0.503. The lowest BCUT2D eigenvalue weighted by Gasteiger charge is -2.13. The van der Waals surface area contributed by atoms with Crippen LogP contribution in [0.4, 0.5) is 0 Å². The molecule has 0 fully saturated rings. The van der Waals surface area contributed by atoms with E-state index in [2.05, 4.69) is 25.8 Å². The van der Waals surface area contributed by atoms with Crippen LogP contribution in [0.2, 0.25) is 5.02 Å². The van der Waals surface area contributed by atoms with Crippen LogP contribution in [-0.4, -0.2) is 18.7 Å². The molecule has 0 N–H and O–H groups in total. The molecule has 0 saturated carbocycles. The van der Waals surface area contributed by atoms with E-state index in [1.54, 1.807) is 6.33 Å². The van der Waals surface area contributed by atoms with Gasteiger partial charge in [-0.05, 0) is 30.0 Å². The lowest BCUT2D eigenvalue weighted by Crippen LogP contribution is -2.38. The molecule has 0 radical (unpaired) electrons. The maximum absolute atomic E-state index is 12.9. The topological polar surface area (TPSA) is 61.8 Å². The Kier molecular flexibility index (Phi) is 6.63. The van der Waals surface area contributed by atoms with E-state index in [0.29, 0.717) is 34.3 Å². The average molecular weight is 417 g/mol. The molecule has 3 aromatic rings. The van der Waals surface area contributed by atoms with Crippen LogP contribution in [0.3, 0.4) is 0 Å². The summed E-state index contributed by atoms with van der Waals surface area (Å²) in [5, 5.41) is 0.465. The Morgan fingerprint density at radius 2 is 1.83 bits per heavy atom. The lowest BCUT2D eigenvalue weighted by atomic mass is 10.0. The minimum absolute atomic E-state index is 0.324. The van der Waals surface area contributed by atoms with E-state index in [0.717, 1.165) is 23.0 Å². The molecule has 0 saturated heterocycles. The standard InChI is InChI=1S/C22H29ClN4O2/c1-5-6-7-8-9-12-26-14-24-20-19(26)21(28)25(4)22(29)27(20)18-11-10-16(15(2)3)13-17(18)23/h10-11,13-15H,5-9,12H2,1-4H3. The fraction of sp³-hybridized carbons (Fsp3) is 0.500. The van der Waals surface area contributed by atoms with Crippen LogP contribution in [-0.2, 0) is 13.6 Å². The number of unbranched alkanes of at least 4 members (excludes halogenated alkanes) is 4. The van der Waals surface area contributed by atoms with E-state index in [1.165, 1.54) is 30.9 Å². The van der Waals surface area contributed by atoms with Gasteiger partial charge in [0.2, 0.25) is 0 Å². The first-order valence-electron chi connectivity index (χ1n) is 10.3. The van der Waals surface area contributed by atoms with Crippen molar-refractivity contribution in [3.05, 3.63) is 56.0 Å². The lowest BCUT2D eigenvalue weighted by molar-refractivity contribution is 0.573. The second kappa shape index (κ2) is 8.99. The molecular formula is C22H29ClN4O2. The minimum Gasteiger partial charge on any atom is -0.325 e. The molecule has 0 aliphatic rings. The zero-order valence-corrected chi connectivity index (χ0v) is 18.4. The number of imidazole rings is 1. The molecule has 0 amide bonds. The fourth-order valence-electron chi connectivity index (χ4n) is 3.58. The van der Waals surface area contributed by atoms with Crippen LogP contribution >= 0.6 is 11.6 Å². The fourth-order valence-corrected chi connectivity index (χ4v) is 3.85.